The summed E-state index contributed by atoms with van der Waals surface area (Å²) in [5.41, 5.74) is -10.2. The molecule has 1 rings (SSSR count). The van der Waals surface area contributed by atoms with E-state index in [1.54, 1.807) is 0 Å². The Labute approximate surface area is 136 Å². The molecule has 0 radical (unpaired) electrons. The Morgan fingerprint density at radius 3 is 1.88 bits per heavy atom. The third-order valence-electron chi connectivity index (χ3n) is 4.17. The summed E-state index contributed by atoms with van der Waals surface area (Å²) < 4.78 is 4.53. The highest BCUT2D eigenvalue weighted by Gasteiger charge is 2.78. The minimum atomic E-state index is -3.42. The molecule has 0 spiro atoms. The Morgan fingerprint density at radius 1 is 1.12 bits per heavy atom. The van der Waals surface area contributed by atoms with E-state index in [0.29, 0.717) is 20.8 Å². The van der Waals surface area contributed by atoms with Gasteiger partial charge in [0.25, 0.3) is 5.60 Å². The van der Waals surface area contributed by atoms with Gasteiger partial charge in [0.05, 0.1) is 0 Å². The van der Waals surface area contributed by atoms with Gasteiger partial charge in [-0.2, -0.15) is 0 Å². The van der Waals surface area contributed by atoms with E-state index in [0.717, 1.165) is 6.92 Å². The Morgan fingerprint density at radius 2 is 1.58 bits per heavy atom. The molecule has 0 bridgehead atoms. The molecule has 0 aromatic heterocycles. The molecule has 1 fully saturated rings. The fourth-order valence-electron chi connectivity index (χ4n) is 2.67. The molecule has 1 aliphatic rings. The van der Waals surface area contributed by atoms with Gasteiger partial charge in [-0.3, -0.25) is 19.2 Å². The number of carbonyl (C=O) groups excluding carboxylic acids is 5. The van der Waals surface area contributed by atoms with Crippen LogP contribution in [0.2, 0.25) is 0 Å². The molecular weight excluding hydrogens is 328 g/mol. The van der Waals surface area contributed by atoms with Gasteiger partial charge in [0.1, 0.15) is 6.10 Å². The van der Waals surface area contributed by atoms with Crippen molar-refractivity contribution in [3.63, 3.8) is 0 Å². The molecule has 10 heteroatoms. The largest absolute Gasteiger partial charge is 0.452 e. The van der Waals surface area contributed by atoms with Gasteiger partial charge in [0.2, 0.25) is 17.0 Å². The number of aliphatic hydroxyl groups is 4. The third kappa shape index (κ3) is 2.22. The van der Waals surface area contributed by atoms with Gasteiger partial charge in [-0.15, -0.1) is 0 Å². The first-order valence-corrected chi connectivity index (χ1v) is 6.83. The molecule has 1 unspecified atom stereocenters. The standard InChI is InChI=1S/C14H18O10/c1-5(15)9(19)12(21,6(2)16)10-13(22,7(3)17)14(23,8(4)18)11(20)24-10/h5,10,15,21-23H,1-4H3/t5?,10-,12+,13-,14-/m0/s1. The average molecular weight is 346 g/mol. The van der Waals surface area contributed by atoms with E-state index < -0.39 is 58.1 Å². The summed E-state index contributed by atoms with van der Waals surface area (Å²) in [6.45, 7) is 2.90. The number of cyclic esters (lactones) is 1. The molecule has 0 amide bonds. The molecule has 24 heavy (non-hydrogen) atoms. The summed E-state index contributed by atoms with van der Waals surface area (Å²) in [4.78, 5) is 59.4. The number of ketones is 4. The maximum atomic E-state index is 12.1. The molecule has 0 aromatic carbocycles. The molecule has 10 nitrogen and oxygen atoms in total. The molecule has 134 valence electrons. The number of carbonyl (C=O) groups is 5. The number of rotatable bonds is 6. The Hall–Kier alpha value is -2.01. The molecular formula is C14H18O10. The number of aliphatic hydroxyl groups excluding tert-OH is 1. The number of hydrogen-bond donors (Lipinski definition) is 4. The van der Waals surface area contributed by atoms with Crippen molar-refractivity contribution in [3.8, 4) is 0 Å². The number of Topliss-reactive ketones (excluding diaryl/α,β-unsaturated/α-hetero) is 4. The van der Waals surface area contributed by atoms with Crippen molar-refractivity contribution < 1.29 is 49.1 Å². The van der Waals surface area contributed by atoms with Crippen molar-refractivity contribution in [3.05, 3.63) is 0 Å². The fraction of sp³-hybridized carbons (Fsp3) is 0.643. The van der Waals surface area contributed by atoms with Crippen molar-refractivity contribution in [1.82, 2.24) is 0 Å². The highest BCUT2D eigenvalue weighted by molar-refractivity contribution is 6.18. The summed E-state index contributed by atoms with van der Waals surface area (Å²) in [6.07, 6.45) is -4.57. The van der Waals surface area contributed by atoms with Crippen LogP contribution in [0.25, 0.3) is 0 Å². The Balaban J connectivity index is 3.77. The van der Waals surface area contributed by atoms with Crippen molar-refractivity contribution in [1.29, 1.82) is 0 Å². The molecule has 1 aliphatic heterocycles. The Bertz CT molecular complexity index is 637. The summed E-state index contributed by atoms with van der Waals surface area (Å²) in [6, 6.07) is 0. The van der Waals surface area contributed by atoms with Crippen molar-refractivity contribution in [2.75, 3.05) is 0 Å². The van der Waals surface area contributed by atoms with E-state index >= 15 is 0 Å². The SMILES string of the molecule is CC(=O)[C@@](O)(C(=O)C(C)O)[C@@H]1OC(=O)[C@@](O)(C(C)=O)[C@]1(O)C(C)=O. The zero-order chi connectivity index (χ0) is 19.2. The van der Waals surface area contributed by atoms with Crippen LogP contribution in [-0.2, 0) is 28.7 Å². The number of esters is 1. The first-order chi connectivity index (χ1) is 10.7. The highest BCUT2D eigenvalue weighted by atomic mass is 16.6. The second-order valence-electron chi connectivity index (χ2n) is 5.74. The second-order valence-corrected chi connectivity index (χ2v) is 5.74. The first kappa shape index (κ1) is 20.0. The predicted molar refractivity (Wildman–Crippen MR) is 73.5 cm³/mol. The maximum absolute atomic E-state index is 12.1. The summed E-state index contributed by atoms with van der Waals surface area (Å²) in [5.74, 6) is -7.58. The van der Waals surface area contributed by atoms with E-state index in [1.807, 2.05) is 0 Å². The lowest BCUT2D eigenvalue weighted by molar-refractivity contribution is -0.197. The molecule has 1 heterocycles. The summed E-state index contributed by atoms with van der Waals surface area (Å²) >= 11 is 0. The topological polar surface area (TPSA) is 176 Å². The van der Waals surface area contributed by atoms with Crippen LogP contribution in [0, 0.1) is 0 Å². The van der Waals surface area contributed by atoms with Gasteiger partial charge >= 0.3 is 5.97 Å². The minimum absolute atomic E-state index is 0.663. The highest BCUT2D eigenvalue weighted by Crippen LogP contribution is 2.43. The lowest BCUT2D eigenvalue weighted by Crippen LogP contribution is -2.73. The van der Waals surface area contributed by atoms with Crippen LogP contribution >= 0.6 is 0 Å². The van der Waals surface area contributed by atoms with Crippen LogP contribution in [-0.4, -0.2) is 78.5 Å². The molecule has 5 atom stereocenters. The van der Waals surface area contributed by atoms with Crippen LogP contribution in [0.4, 0.5) is 0 Å². The number of hydrogen-bond acceptors (Lipinski definition) is 10. The van der Waals surface area contributed by atoms with Crippen molar-refractivity contribution in [2.45, 2.75) is 56.7 Å². The molecule has 4 N–H and O–H groups in total. The van der Waals surface area contributed by atoms with E-state index in [9.17, 15) is 44.4 Å². The van der Waals surface area contributed by atoms with E-state index in [4.69, 9.17) is 0 Å². The van der Waals surface area contributed by atoms with Crippen LogP contribution in [0.15, 0.2) is 0 Å². The van der Waals surface area contributed by atoms with Crippen molar-refractivity contribution >= 4 is 29.1 Å². The van der Waals surface area contributed by atoms with Crippen LogP contribution in [0.3, 0.4) is 0 Å². The first-order valence-electron chi connectivity index (χ1n) is 6.83. The predicted octanol–water partition coefficient (Wildman–Crippen LogP) is -3.18. The van der Waals surface area contributed by atoms with E-state index in [-0.39, 0.29) is 0 Å². The molecule has 1 saturated heterocycles. The molecule has 0 aromatic rings. The van der Waals surface area contributed by atoms with Crippen LogP contribution in [0.5, 0.6) is 0 Å². The van der Waals surface area contributed by atoms with Gasteiger partial charge < -0.3 is 25.2 Å². The minimum Gasteiger partial charge on any atom is -0.452 e. The van der Waals surface area contributed by atoms with Crippen LogP contribution in [0.1, 0.15) is 27.7 Å². The van der Waals surface area contributed by atoms with Gasteiger partial charge in [-0.05, 0) is 27.7 Å². The lowest BCUT2D eigenvalue weighted by Gasteiger charge is -2.39. The van der Waals surface area contributed by atoms with Gasteiger partial charge in [0.15, 0.2) is 23.5 Å². The fourth-order valence-corrected chi connectivity index (χ4v) is 2.67. The normalized spacial score (nSPS) is 33.3. The third-order valence-corrected chi connectivity index (χ3v) is 4.17. The lowest BCUT2D eigenvalue weighted by atomic mass is 9.68. The van der Waals surface area contributed by atoms with Gasteiger partial charge in [0, 0.05) is 0 Å². The monoisotopic (exact) mass is 346 g/mol. The summed E-state index contributed by atoms with van der Waals surface area (Å²) in [7, 11) is 0. The summed E-state index contributed by atoms with van der Waals surface area (Å²) in [5, 5.41) is 40.7. The zero-order valence-electron chi connectivity index (χ0n) is 13.4. The van der Waals surface area contributed by atoms with Crippen LogP contribution < -0.4 is 0 Å². The quantitative estimate of drug-likeness (QED) is 0.283. The van der Waals surface area contributed by atoms with Gasteiger partial charge in [-0.25, -0.2) is 4.79 Å². The van der Waals surface area contributed by atoms with E-state index in [1.165, 1.54) is 0 Å². The second kappa shape index (κ2) is 5.81. The van der Waals surface area contributed by atoms with Gasteiger partial charge in [-0.1, -0.05) is 0 Å². The molecule has 0 saturated carbocycles. The van der Waals surface area contributed by atoms with Crippen molar-refractivity contribution in [2.24, 2.45) is 0 Å². The Kier molecular flexibility index (Phi) is 4.85. The number of ether oxygens (including phenoxy) is 1. The molecule has 0 aliphatic carbocycles. The average Bonchev–Trinajstić information content (AvgIpc) is 2.68. The smallest absolute Gasteiger partial charge is 0.350 e. The zero-order valence-corrected chi connectivity index (χ0v) is 13.4. The maximum Gasteiger partial charge on any atom is 0.350 e. The van der Waals surface area contributed by atoms with E-state index in [2.05, 4.69) is 4.74 Å².